The number of hydrogen-bond acceptors (Lipinski definition) is 4. The van der Waals surface area contributed by atoms with E-state index >= 15 is 0 Å². The Bertz CT molecular complexity index is 498. The molecule has 2 amide bonds. The minimum absolute atomic E-state index is 0.136. The van der Waals surface area contributed by atoms with Crippen molar-refractivity contribution in [1.82, 2.24) is 14.9 Å². The van der Waals surface area contributed by atoms with Crippen LogP contribution in [0.1, 0.15) is 33.4 Å². The van der Waals surface area contributed by atoms with E-state index in [1.807, 2.05) is 20.8 Å². The van der Waals surface area contributed by atoms with Crippen molar-refractivity contribution in [3.05, 3.63) is 18.1 Å². The molecule has 0 aliphatic carbocycles. The molecule has 1 aliphatic rings. The maximum atomic E-state index is 12.1. The molecule has 1 saturated heterocycles. The molecule has 19 heavy (non-hydrogen) atoms. The Balaban J connectivity index is 2.40. The minimum atomic E-state index is -0.889. The lowest BCUT2D eigenvalue weighted by Gasteiger charge is -2.22. The average Bonchev–Trinajstić information content (AvgIpc) is 2.53. The van der Waals surface area contributed by atoms with Crippen LogP contribution < -0.4 is 4.90 Å². The highest BCUT2D eigenvalue weighted by molar-refractivity contribution is 5.94. The molecule has 1 N–H and O–H groups in total. The zero-order chi connectivity index (χ0) is 14.4. The molecule has 0 spiro atoms. The number of urea groups is 1. The Morgan fingerprint density at radius 3 is 2.42 bits per heavy atom. The number of hydrogen-bond donors (Lipinski definition) is 1. The van der Waals surface area contributed by atoms with Crippen LogP contribution in [-0.4, -0.2) is 45.3 Å². The van der Waals surface area contributed by atoms with Gasteiger partial charge in [-0.3, -0.25) is 0 Å². The maximum Gasteiger partial charge on any atom is 0.328 e. The van der Waals surface area contributed by atoms with Crippen LogP contribution in [0.2, 0.25) is 0 Å². The predicted octanol–water partition coefficient (Wildman–Crippen LogP) is 1.35. The number of nitrogens with zero attached hydrogens (tertiary/aromatic N) is 4. The molecule has 2 heterocycles. The first-order chi connectivity index (χ1) is 8.73. The highest BCUT2D eigenvalue weighted by Crippen LogP contribution is 2.28. The van der Waals surface area contributed by atoms with Crippen molar-refractivity contribution in [3.8, 4) is 0 Å². The van der Waals surface area contributed by atoms with Crippen LogP contribution in [0.15, 0.2) is 12.4 Å². The van der Waals surface area contributed by atoms with E-state index in [4.69, 9.17) is 0 Å². The molecule has 6 heteroatoms. The summed E-state index contributed by atoms with van der Waals surface area (Å²) in [7, 11) is 1.67. The fraction of sp³-hybridized carbons (Fsp3) is 0.615. The van der Waals surface area contributed by atoms with Gasteiger partial charge in [0.05, 0.1) is 11.7 Å². The van der Waals surface area contributed by atoms with Crippen molar-refractivity contribution < 1.29 is 9.90 Å². The van der Waals surface area contributed by atoms with Gasteiger partial charge < -0.3 is 10.0 Å². The Kier molecular flexibility index (Phi) is 3.22. The quantitative estimate of drug-likeness (QED) is 0.831. The standard InChI is InChI=1S/C13H20N4O2/c1-8-11(18)17(12(19)16(8)5)10-6-9(13(2,3)4)14-7-15-10/h6-8,11,18H,1-5H3/t8-,11?/m0/s1. The van der Waals surface area contributed by atoms with Crippen LogP contribution in [0.4, 0.5) is 10.6 Å². The largest absolute Gasteiger partial charge is 0.371 e. The van der Waals surface area contributed by atoms with Crippen LogP contribution >= 0.6 is 0 Å². The van der Waals surface area contributed by atoms with Crippen LogP contribution in [0, 0.1) is 0 Å². The Morgan fingerprint density at radius 1 is 1.32 bits per heavy atom. The molecule has 6 nitrogen and oxygen atoms in total. The van der Waals surface area contributed by atoms with Gasteiger partial charge in [0.25, 0.3) is 0 Å². The third-order valence-corrected chi connectivity index (χ3v) is 3.48. The Hall–Kier alpha value is -1.69. The lowest BCUT2D eigenvalue weighted by molar-refractivity contribution is 0.138. The van der Waals surface area contributed by atoms with Gasteiger partial charge in [0.15, 0.2) is 6.23 Å². The highest BCUT2D eigenvalue weighted by atomic mass is 16.3. The van der Waals surface area contributed by atoms with Gasteiger partial charge in [-0.1, -0.05) is 20.8 Å². The molecule has 0 aromatic carbocycles. The summed E-state index contributed by atoms with van der Waals surface area (Å²) in [6.45, 7) is 7.91. The molecule has 2 rings (SSSR count). The molecule has 0 saturated carbocycles. The fourth-order valence-corrected chi connectivity index (χ4v) is 2.00. The number of aromatic nitrogens is 2. The van der Waals surface area contributed by atoms with E-state index in [9.17, 15) is 9.90 Å². The van der Waals surface area contributed by atoms with E-state index < -0.39 is 6.23 Å². The van der Waals surface area contributed by atoms with Crippen molar-refractivity contribution >= 4 is 11.8 Å². The third kappa shape index (κ3) is 2.28. The van der Waals surface area contributed by atoms with E-state index in [0.29, 0.717) is 5.82 Å². The SMILES string of the molecule is C[C@H]1C(O)N(c2cc(C(C)(C)C)ncn2)C(=O)N1C. The summed E-state index contributed by atoms with van der Waals surface area (Å²) in [5.74, 6) is 0.439. The average molecular weight is 264 g/mol. The summed E-state index contributed by atoms with van der Waals surface area (Å²) in [5.41, 5.74) is 0.697. The second-order valence-corrected chi connectivity index (χ2v) is 5.93. The zero-order valence-corrected chi connectivity index (χ0v) is 12.0. The lowest BCUT2D eigenvalue weighted by atomic mass is 9.92. The topological polar surface area (TPSA) is 69.6 Å². The molecule has 0 bridgehead atoms. The van der Waals surface area contributed by atoms with E-state index in [-0.39, 0.29) is 17.5 Å². The molecule has 1 aliphatic heterocycles. The molecular weight excluding hydrogens is 244 g/mol. The molecule has 1 aromatic heterocycles. The number of likely N-dealkylation sites (N-methyl/N-ethyl adjacent to an activating group) is 1. The number of aliphatic hydroxyl groups is 1. The predicted molar refractivity (Wildman–Crippen MR) is 71.8 cm³/mol. The first kappa shape index (κ1) is 13.7. The van der Waals surface area contributed by atoms with Crippen LogP contribution in [0.5, 0.6) is 0 Å². The van der Waals surface area contributed by atoms with Gasteiger partial charge in [0.1, 0.15) is 12.1 Å². The van der Waals surface area contributed by atoms with Crippen molar-refractivity contribution in [2.24, 2.45) is 0 Å². The van der Waals surface area contributed by atoms with Crippen molar-refractivity contribution in [1.29, 1.82) is 0 Å². The summed E-state index contributed by atoms with van der Waals surface area (Å²) in [6, 6.07) is 1.24. The molecular formula is C13H20N4O2. The van der Waals surface area contributed by atoms with Gasteiger partial charge in [0, 0.05) is 18.5 Å². The number of anilines is 1. The first-order valence-corrected chi connectivity index (χ1v) is 6.30. The van der Waals surface area contributed by atoms with Crippen molar-refractivity contribution in [2.75, 3.05) is 11.9 Å². The smallest absolute Gasteiger partial charge is 0.328 e. The van der Waals surface area contributed by atoms with Crippen LogP contribution in [0.3, 0.4) is 0 Å². The number of carbonyl (C=O) groups is 1. The van der Waals surface area contributed by atoms with Gasteiger partial charge in [-0.2, -0.15) is 0 Å². The number of amides is 2. The van der Waals surface area contributed by atoms with Gasteiger partial charge >= 0.3 is 6.03 Å². The maximum absolute atomic E-state index is 12.1. The molecule has 104 valence electrons. The highest BCUT2D eigenvalue weighted by Gasteiger charge is 2.42. The summed E-state index contributed by atoms with van der Waals surface area (Å²) in [6.07, 6.45) is 0.541. The van der Waals surface area contributed by atoms with Crippen molar-refractivity contribution in [2.45, 2.75) is 45.4 Å². The molecule has 2 atom stereocenters. The van der Waals surface area contributed by atoms with Crippen molar-refractivity contribution in [3.63, 3.8) is 0 Å². The number of aliphatic hydroxyl groups excluding tert-OH is 1. The second kappa shape index (κ2) is 4.45. The van der Waals surface area contributed by atoms with Gasteiger partial charge in [-0.05, 0) is 6.92 Å². The van der Waals surface area contributed by atoms with Gasteiger partial charge in [-0.15, -0.1) is 0 Å². The number of rotatable bonds is 1. The summed E-state index contributed by atoms with van der Waals surface area (Å²) in [4.78, 5) is 23.3. The second-order valence-electron chi connectivity index (χ2n) is 5.93. The van der Waals surface area contributed by atoms with Crippen LogP contribution in [-0.2, 0) is 5.41 Å². The monoisotopic (exact) mass is 264 g/mol. The lowest BCUT2D eigenvalue weighted by Crippen LogP contribution is -2.36. The van der Waals surface area contributed by atoms with Gasteiger partial charge in [-0.25, -0.2) is 19.7 Å². The Labute approximate surface area is 113 Å². The molecule has 1 aromatic rings. The fourth-order valence-electron chi connectivity index (χ4n) is 2.00. The first-order valence-electron chi connectivity index (χ1n) is 6.30. The normalized spacial score (nSPS) is 24.2. The molecule has 1 fully saturated rings. The van der Waals surface area contributed by atoms with E-state index in [1.54, 1.807) is 20.0 Å². The summed E-state index contributed by atoms with van der Waals surface area (Å²) >= 11 is 0. The van der Waals surface area contributed by atoms with E-state index in [0.717, 1.165) is 5.69 Å². The molecule has 1 unspecified atom stereocenters. The number of carbonyl (C=O) groups excluding carboxylic acids is 1. The van der Waals surface area contributed by atoms with E-state index in [2.05, 4.69) is 9.97 Å². The van der Waals surface area contributed by atoms with Gasteiger partial charge in [0.2, 0.25) is 0 Å². The third-order valence-electron chi connectivity index (χ3n) is 3.48. The van der Waals surface area contributed by atoms with E-state index in [1.165, 1.54) is 16.1 Å². The zero-order valence-electron chi connectivity index (χ0n) is 12.0. The minimum Gasteiger partial charge on any atom is -0.371 e. The summed E-state index contributed by atoms with van der Waals surface area (Å²) in [5, 5.41) is 10.1. The Morgan fingerprint density at radius 2 is 1.95 bits per heavy atom. The van der Waals surface area contributed by atoms with Crippen LogP contribution in [0.25, 0.3) is 0 Å². The molecule has 0 radical (unpaired) electrons. The summed E-state index contributed by atoms with van der Waals surface area (Å²) < 4.78 is 0.